The molecule has 26 heavy (non-hydrogen) atoms. The zero-order valence-corrected chi connectivity index (χ0v) is 16.2. The molecule has 1 aromatic carbocycles. The summed E-state index contributed by atoms with van der Waals surface area (Å²) in [5.41, 5.74) is 1.16. The summed E-state index contributed by atoms with van der Waals surface area (Å²) in [6.07, 6.45) is 6.09. The van der Waals surface area contributed by atoms with Crippen molar-refractivity contribution in [3.05, 3.63) is 24.3 Å². The third-order valence-electron chi connectivity index (χ3n) is 5.70. The van der Waals surface area contributed by atoms with Gasteiger partial charge in [0.25, 0.3) is 0 Å². The van der Waals surface area contributed by atoms with Gasteiger partial charge in [-0.1, -0.05) is 31.4 Å². The van der Waals surface area contributed by atoms with Gasteiger partial charge in [0.15, 0.2) is 0 Å². The number of rotatable bonds is 6. The monoisotopic (exact) mass is 359 g/mol. The lowest BCUT2D eigenvalue weighted by Crippen LogP contribution is -2.55. The molecule has 1 saturated carbocycles. The first kappa shape index (κ1) is 19.0. The van der Waals surface area contributed by atoms with Gasteiger partial charge in [0, 0.05) is 32.2 Å². The van der Waals surface area contributed by atoms with E-state index in [4.69, 9.17) is 4.74 Å². The zero-order valence-electron chi connectivity index (χ0n) is 16.2. The topological polar surface area (TPSA) is 44.8 Å². The van der Waals surface area contributed by atoms with Gasteiger partial charge in [-0.3, -0.25) is 9.69 Å². The van der Waals surface area contributed by atoms with Crippen LogP contribution in [0.3, 0.4) is 0 Å². The van der Waals surface area contributed by atoms with E-state index in [1.807, 2.05) is 26.0 Å². The molecule has 1 heterocycles. The first-order valence-corrected chi connectivity index (χ1v) is 10.2. The second kappa shape index (κ2) is 9.26. The Morgan fingerprint density at radius 3 is 2.54 bits per heavy atom. The smallest absolute Gasteiger partial charge is 0.237 e. The molecule has 1 amide bonds. The largest absolute Gasteiger partial charge is 0.492 e. The lowest BCUT2D eigenvalue weighted by Gasteiger charge is -2.39. The number of piperazine rings is 1. The van der Waals surface area contributed by atoms with E-state index in [9.17, 15) is 4.79 Å². The fourth-order valence-corrected chi connectivity index (χ4v) is 4.08. The van der Waals surface area contributed by atoms with Gasteiger partial charge in [0.1, 0.15) is 5.75 Å². The lowest BCUT2D eigenvalue weighted by molar-refractivity contribution is -0.127. The average molecular weight is 360 g/mol. The molecular formula is C21H33N3O2. The molecule has 1 N–H and O–H groups in total. The average Bonchev–Trinajstić information content (AvgIpc) is 2.69. The van der Waals surface area contributed by atoms with Crippen molar-refractivity contribution in [1.82, 2.24) is 10.2 Å². The van der Waals surface area contributed by atoms with Crippen LogP contribution in [0.25, 0.3) is 0 Å². The van der Waals surface area contributed by atoms with Gasteiger partial charge < -0.3 is 15.0 Å². The molecule has 0 bridgehead atoms. The van der Waals surface area contributed by atoms with E-state index in [1.54, 1.807) is 0 Å². The van der Waals surface area contributed by atoms with Crippen molar-refractivity contribution >= 4 is 11.6 Å². The molecule has 0 aromatic heterocycles. The minimum Gasteiger partial charge on any atom is -0.492 e. The van der Waals surface area contributed by atoms with Gasteiger partial charge in [-0.2, -0.15) is 0 Å². The van der Waals surface area contributed by atoms with Crippen molar-refractivity contribution in [2.45, 2.75) is 58.0 Å². The highest BCUT2D eigenvalue weighted by Crippen LogP contribution is 2.29. The van der Waals surface area contributed by atoms with Crippen LogP contribution in [0.15, 0.2) is 24.3 Å². The van der Waals surface area contributed by atoms with E-state index in [0.29, 0.717) is 12.6 Å². The van der Waals surface area contributed by atoms with E-state index >= 15 is 0 Å². The first-order chi connectivity index (χ1) is 12.7. The molecule has 144 valence electrons. The number of anilines is 1. The second-order valence-corrected chi connectivity index (χ2v) is 7.44. The summed E-state index contributed by atoms with van der Waals surface area (Å²) in [6.45, 7) is 8.38. The Kier molecular flexibility index (Phi) is 6.78. The van der Waals surface area contributed by atoms with Crippen molar-refractivity contribution in [3.8, 4) is 5.75 Å². The number of carbonyl (C=O) groups excluding carboxylic acids is 1. The quantitative estimate of drug-likeness (QED) is 0.848. The van der Waals surface area contributed by atoms with Crippen LogP contribution in [0.2, 0.25) is 0 Å². The van der Waals surface area contributed by atoms with Crippen molar-refractivity contribution in [1.29, 1.82) is 0 Å². The Hall–Kier alpha value is -1.75. The van der Waals surface area contributed by atoms with Crippen LogP contribution in [0.4, 0.5) is 5.69 Å². The number of para-hydroxylation sites is 2. The summed E-state index contributed by atoms with van der Waals surface area (Å²) in [4.78, 5) is 17.3. The Balaban J connectivity index is 1.52. The Labute approximate surface area is 157 Å². The van der Waals surface area contributed by atoms with Gasteiger partial charge >= 0.3 is 0 Å². The van der Waals surface area contributed by atoms with Crippen LogP contribution < -0.4 is 15.0 Å². The van der Waals surface area contributed by atoms with E-state index in [0.717, 1.165) is 50.5 Å². The van der Waals surface area contributed by atoms with Crippen LogP contribution in [0, 0.1) is 0 Å². The van der Waals surface area contributed by atoms with E-state index < -0.39 is 0 Å². The molecule has 3 rings (SSSR count). The van der Waals surface area contributed by atoms with Crippen LogP contribution >= 0.6 is 0 Å². The first-order valence-electron chi connectivity index (χ1n) is 10.2. The molecule has 2 aliphatic rings. The third kappa shape index (κ3) is 4.70. The Bertz CT molecular complexity index is 578. The molecule has 1 aromatic rings. The predicted molar refractivity (Wildman–Crippen MR) is 106 cm³/mol. The number of hydrogen-bond donors (Lipinski definition) is 1. The van der Waals surface area contributed by atoms with E-state index in [2.05, 4.69) is 27.2 Å². The van der Waals surface area contributed by atoms with Crippen LogP contribution in [0.1, 0.15) is 46.0 Å². The number of carbonyl (C=O) groups is 1. The highest BCUT2D eigenvalue weighted by atomic mass is 16.5. The highest BCUT2D eigenvalue weighted by Gasteiger charge is 2.28. The van der Waals surface area contributed by atoms with Crippen LogP contribution in [-0.2, 0) is 4.79 Å². The molecule has 1 atom stereocenters. The number of hydrogen-bond acceptors (Lipinski definition) is 4. The summed E-state index contributed by atoms with van der Waals surface area (Å²) in [6, 6.07) is 8.57. The summed E-state index contributed by atoms with van der Waals surface area (Å²) < 4.78 is 5.77. The van der Waals surface area contributed by atoms with Gasteiger partial charge in [0.05, 0.1) is 18.3 Å². The summed E-state index contributed by atoms with van der Waals surface area (Å²) in [7, 11) is 0. The van der Waals surface area contributed by atoms with E-state index in [-0.39, 0.29) is 11.9 Å². The number of amides is 1. The maximum Gasteiger partial charge on any atom is 0.237 e. The normalized spacial score (nSPS) is 20.6. The molecule has 1 aliphatic heterocycles. The van der Waals surface area contributed by atoms with Crippen molar-refractivity contribution in [2.75, 3.05) is 37.7 Å². The maximum absolute atomic E-state index is 12.6. The fraction of sp³-hybridized carbons (Fsp3) is 0.667. The maximum atomic E-state index is 12.6. The standard InChI is InChI=1S/C21H33N3O2/c1-3-26-20-12-8-7-11-19(20)24-15-13-23(14-16-24)17(2)21(25)22-18-9-5-4-6-10-18/h7-8,11-12,17-18H,3-6,9-10,13-16H2,1-2H3,(H,22,25)/t17-/m1/s1. The number of nitrogens with zero attached hydrogens (tertiary/aromatic N) is 2. The molecular weight excluding hydrogens is 326 g/mol. The number of benzene rings is 1. The van der Waals surface area contributed by atoms with Crippen molar-refractivity contribution < 1.29 is 9.53 Å². The van der Waals surface area contributed by atoms with Gasteiger partial charge in [-0.15, -0.1) is 0 Å². The molecule has 5 heteroatoms. The van der Waals surface area contributed by atoms with Crippen LogP contribution in [0.5, 0.6) is 5.75 Å². The van der Waals surface area contributed by atoms with Crippen molar-refractivity contribution in [2.24, 2.45) is 0 Å². The third-order valence-corrected chi connectivity index (χ3v) is 5.70. The summed E-state index contributed by atoms with van der Waals surface area (Å²) >= 11 is 0. The molecule has 0 unspecified atom stereocenters. The second-order valence-electron chi connectivity index (χ2n) is 7.44. The Morgan fingerprint density at radius 1 is 1.15 bits per heavy atom. The SMILES string of the molecule is CCOc1ccccc1N1CCN([C@H](C)C(=O)NC2CCCCC2)CC1. The number of nitrogens with one attached hydrogen (secondary N) is 1. The van der Waals surface area contributed by atoms with E-state index in [1.165, 1.54) is 19.3 Å². The molecule has 5 nitrogen and oxygen atoms in total. The lowest BCUT2D eigenvalue weighted by atomic mass is 9.95. The Morgan fingerprint density at radius 2 is 1.85 bits per heavy atom. The fourth-order valence-electron chi connectivity index (χ4n) is 4.08. The highest BCUT2D eigenvalue weighted by molar-refractivity contribution is 5.81. The molecule has 1 saturated heterocycles. The van der Waals surface area contributed by atoms with Crippen molar-refractivity contribution in [3.63, 3.8) is 0 Å². The predicted octanol–water partition coefficient (Wildman–Crippen LogP) is 3.04. The molecule has 0 spiro atoms. The number of ether oxygens (including phenoxy) is 1. The summed E-state index contributed by atoms with van der Waals surface area (Å²) in [5, 5.41) is 3.27. The molecule has 0 radical (unpaired) electrons. The van der Waals surface area contributed by atoms with Crippen LogP contribution in [-0.4, -0.2) is 55.7 Å². The minimum atomic E-state index is -0.0544. The zero-order chi connectivity index (χ0) is 18.4. The molecule has 1 aliphatic carbocycles. The summed E-state index contributed by atoms with van der Waals surface area (Å²) in [5.74, 6) is 1.15. The minimum absolute atomic E-state index is 0.0544. The van der Waals surface area contributed by atoms with Gasteiger partial charge in [-0.25, -0.2) is 0 Å². The van der Waals surface area contributed by atoms with Gasteiger partial charge in [0.2, 0.25) is 5.91 Å². The van der Waals surface area contributed by atoms with Gasteiger partial charge in [-0.05, 0) is 38.8 Å². The molecule has 2 fully saturated rings.